The van der Waals surface area contributed by atoms with Crippen molar-refractivity contribution in [2.75, 3.05) is 6.54 Å². The summed E-state index contributed by atoms with van der Waals surface area (Å²) >= 11 is 0. The molecule has 0 saturated heterocycles. The van der Waals surface area contributed by atoms with Gasteiger partial charge in [0.2, 0.25) is 0 Å². The second-order valence-electron chi connectivity index (χ2n) is 4.12. The molecule has 88 valence electrons. The maximum absolute atomic E-state index is 11.4. The molecule has 1 rings (SSSR count). The van der Waals surface area contributed by atoms with Gasteiger partial charge >= 0.3 is 5.97 Å². The molecule has 0 aromatic heterocycles. The van der Waals surface area contributed by atoms with Gasteiger partial charge in [0, 0.05) is 0 Å². The molecule has 0 aliphatic rings. The van der Waals surface area contributed by atoms with Crippen molar-refractivity contribution in [2.24, 2.45) is 11.7 Å². The summed E-state index contributed by atoms with van der Waals surface area (Å²) in [6, 6.07) is 7.61. The molecule has 16 heavy (non-hydrogen) atoms. The van der Waals surface area contributed by atoms with Crippen LogP contribution in [-0.2, 0) is 11.2 Å². The Morgan fingerprint density at radius 3 is 2.81 bits per heavy atom. The van der Waals surface area contributed by atoms with Gasteiger partial charge in [-0.05, 0) is 37.1 Å². The molecule has 0 fully saturated rings. The highest BCUT2D eigenvalue weighted by molar-refractivity contribution is 5.74. The van der Waals surface area contributed by atoms with Crippen LogP contribution in [-0.4, -0.2) is 12.5 Å². The van der Waals surface area contributed by atoms with E-state index >= 15 is 0 Å². The smallest absolute Gasteiger partial charge is 0.313 e. The van der Waals surface area contributed by atoms with Gasteiger partial charge in [-0.1, -0.05) is 26.0 Å². The van der Waals surface area contributed by atoms with E-state index in [1.165, 1.54) is 0 Å². The van der Waals surface area contributed by atoms with Crippen LogP contribution in [0.3, 0.4) is 0 Å². The van der Waals surface area contributed by atoms with Gasteiger partial charge in [-0.15, -0.1) is 0 Å². The molecule has 3 nitrogen and oxygen atoms in total. The number of hydrogen-bond donors (Lipinski definition) is 1. The van der Waals surface area contributed by atoms with Crippen molar-refractivity contribution in [2.45, 2.75) is 26.7 Å². The molecule has 0 unspecified atom stereocenters. The molecule has 0 aliphatic heterocycles. The number of benzene rings is 1. The van der Waals surface area contributed by atoms with Gasteiger partial charge in [0.25, 0.3) is 0 Å². The van der Waals surface area contributed by atoms with Gasteiger partial charge in [-0.2, -0.15) is 0 Å². The molecule has 0 radical (unpaired) electrons. The molecule has 3 heteroatoms. The number of aryl methyl sites for hydroxylation is 1. The molecular formula is C13H19NO2. The Bertz CT molecular complexity index is 348. The monoisotopic (exact) mass is 221 g/mol. The van der Waals surface area contributed by atoms with E-state index in [4.69, 9.17) is 10.5 Å². The first-order valence-electron chi connectivity index (χ1n) is 5.64. The third-order valence-electron chi connectivity index (χ3n) is 2.26. The quantitative estimate of drug-likeness (QED) is 0.612. The van der Waals surface area contributed by atoms with Crippen LogP contribution in [0.1, 0.15) is 25.8 Å². The van der Waals surface area contributed by atoms with Crippen LogP contribution < -0.4 is 10.5 Å². The van der Waals surface area contributed by atoms with Crippen molar-refractivity contribution in [3.8, 4) is 5.75 Å². The van der Waals surface area contributed by atoms with Crippen LogP contribution in [0.2, 0.25) is 0 Å². The van der Waals surface area contributed by atoms with Crippen molar-refractivity contribution >= 4 is 5.97 Å². The lowest BCUT2D eigenvalue weighted by molar-refractivity contribution is -0.137. The molecule has 0 atom stereocenters. The zero-order valence-electron chi connectivity index (χ0n) is 9.90. The van der Waals surface area contributed by atoms with Crippen LogP contribution in [0.25, 0.3) is 0 Å². The second kappa shape index (κ2) is 6.28. The highest BCUT2D eigenvalue weighted by atomic mass is 16.5. The fraction of sp³-hybridized carbons (Fsp3) is 0.462. The lowest BCUT2D eigenvalue weighted by Gasteiger charge is -2.08. The molecule has 0 spiro atoms. The molecule has 0 amide bonds. The Morgan fingerprint density at radius 1 is 1.44 bits per heavy atom. The highest BCUT2D eigenvalue weighted by Crippen LogP contribution is 2.15. The van der Waals surface area contributed by atoms with Crippen molar-refractivity contribution < 1.29 is 9.53 Å². The van der Waals surface area contributed by atoms with Gasteiger partial charge < -0.3 is 10.5 Å². The van der Waals surface area contributed by atoms with Crippen LogP contribution >= 0.6 is 0 Å². The fourth-order valence-electron chi connectivity index (χ4n) is 1.30. The Kier molecular flexibility index (Phi) is 4.99. The van der Waals surface area contributed by atoms with Gasteiger partial charge in [0.15, 0.2) is 0 Å². The van der Waals surface area contributed by atoms with E-state index in [1.807, 2.05) is 32.0 Å². The third-order valence-corrected chi connectivity index (χ3v) is 2.26. The number of nitrogens with two attached hydrogens (primary N) is 1. The second-order valence-corrected chi connectivity index (χ2v) is 4.12. The molecule has 0 bridgehead atoms. The van der Waals surface area contributed by atoms with Crippen LogP contribution in [0.15, 0.2) is 24.3 Å². The largest absolute Gasteiger partial charge is 0.426 e. The maximum Gasteiger partial charge on any atom is 0.313 e. The van der Waals surface area contributed by atoms with Gasteiger partial charge in [-0.3, -0.25) is 4.79 Å². The first kappa shape index (κ1) is 12.7. The van der Waals surface area contributed by atoms with Gasteiger partial charge in [-0.25, -0.2) is 0 Å². The minimum absolute atomic E-state index is 0.104. The molecule has 0 aliphatic carbocycles. The predicted octanol–water partition coefficient (Wildman–Crippen LogP) is 2.14. The van der Waals surface area contributed by atoms with E-state index in [1.54, 1.807) is 6.07 Å². The van der Waals surface area contributed by atoms with Gasteiger partial charge in [0.05, 0.1) is 5.92 Å². The lowest BCUT2D eigenvalue weighted by atomic mass is 10.1. The zero-order valence-corrected chi connectivity index (χ0v) is 9.90. The molecule has 0 heterocycles. The number of carbonyl (C=O) groups is 1. The summed E-state index contributed by atoms with van der Waals surface area (Å²) < 4.78 is 5.23. The molecule has 1 aromatic rings. The summed E-state index contributed by atoms with van der Waals surface area (Å²) in [4.78, 5) is 11.4. The summed E-state index contributed by atoms with van der Waals surface area (Å²) in [6.07, 6.45) is 1.87. The minimum atomic E-state index is -0.198. The molecule has 2 N–H and O–H groups in total. The van der Waals surface area contributed by atoms with E-state index in [9.17, 15) is 4.79 Å². The van der Waals surface area contributed by atoms with E-state index in [0.717, 1.165) is 18.4 Å². The van der Waals surface area contributed by atoms with E-state index in [2.05, 4.69) is 0 Å². The summed E-state index contributed by atoms with van der Waals surface area (Å²) in [5.74, 6) is 0.317. The standard InChI is InChI=1S/C13H19NO2/c1-10(2)13(15)16-12-7-3-5-11(9-12)6-4-8-14/h3,5,7,9-10H,4,6,8,14H2,1-2H3. The summed E-state index contributed by atoms with van der Waals surface area (Å²) in [7, 11) is 0. The summed E-state index contributed by atoms with van der Waals surface area (Å²) in [6.45, 7) is 4.32. The number of rotatable bonds is 5. The van der Waals surface area contributed by atoms with Crippen molar-refractivity contribution in [1.29, 1.82) is 0 Å². The average Bonchev–Trinajstić information content (AvgIpc) is 2.26. The van der Waals surface area contributed by atoms with Crippen LogP contribution in [0.5, 0.6) is 5.75 Å². The topological polar surface area (TPSA) is 52.3 Å². The van der Waals surface area contributed by atoms with Crippen molar-refractivity contribution in [3.63, 3.8) is 0 Å². The van der Waals surface area contributed by atoms with Crippen molar-refractivity contribution in [1.82, 2.24) is 0 Å². The molecule has 1 aromatic carbocycles. The highest BCUT2D eigenvalue weighted by Gasteiger charge is 2.09. The number of ether oxygens (including phenoxy) is 1. The third kappa shape index (κ3) is 4.03. The first-order chi connectivity index (χ1) is 7.63. The summed E-state index contributed by atoms with van der Waals surface area (Å²) in [5.41, 5.74) is 6.60. The molecular weight excluding hydrogens is 202 g/mol. The van der Waals surface area contributed by atoms with Crippen molar-refractivity contribution in [3.05, 3.63) is 29.8 Å². The predicted molar refractivity (Wildman–Crippen MR) is 64.3 cm³/mol. The Hall–Kier alpha value is -1.35. The van der Waals surface area contributed by atoms with E-state index in [0.29, 0.717) is 12.3 Å². The minimum Gasteiger partial charge on any atom is -0.426 e. The maximum atomic E-state index is 11.4. The Balaban J connectivity index is 2.63. The summed E-state index contributed by atoms with van der Waals surface area (Å²) in [5, 5.41) is 0. The number of esters is 1. The number of carbonyl (C=O) groups excluding carboxylic acids is 1. The SMILES string of the molecule is CC(C)C(=O)Oc1cccc(CCCN)c1. The Morgan fingerprint density at radius 2 is 2.19 bits per heavy atom. The van der Waals surface area contributed by atoms with E-state index in [-0.39, 0.29) is 11.9 Å². The van der Waals surface area contributed by atoms with E-state index < -0.39 is 0 Å². The fourth-order valence-corrected chi connectivity index (χ4v) is 1.30. The average molecular weight is 221 g/mol. The lowest BCUT2D eigenvalue weighted by Crippen LogP contribution is -2.14. The normalized spacial score (nSPS) is 10.5. The van der Waals surface area contributed by atoms with Crippen LogP contribution in [0, 0.1) is 5.92 Å². The first-order valence-corrected chi connectivity index (χ1v) is 5.64. The van der Waals surface area contributed by atoms with Gasteiger partial charge in [0.1, 0.15) is 5.75 Å². The number of hydrogen-bond acceptors (Lipinski definition) is 3. The Labute approximate surface area is 96.6 Å². The molecule has 0 saturated carbocycles. The zero-order chi connectivity index (χ0) is 12.0. The van der Waals surface area contributed by atoms with Crippen LogP contribution in [0.4, 0.5) is 0 Å².